The van der Waals surface area contributed by atoms with Gasteiger partial charge < -0.3 is 0 Å². The number of allylic oxidation sites excluding steroid dienone is 6. The Bertz CT molecular complexity index is 187. The largest absolute Gasteiger partial charge is 0.0991 e. The lowest BCUT2D eigenvalue weighted by Crippen LogP contribution is -2.22. The van der Waals surface area contributed by atoms with Crippen LogP contribution in [0.1, 0.15) is 0 Å². The summed E-state index contributed by atoms with van der Waals surface area (Å²) in [5, 5.41) is 0. The molecule has 0 spiro atoms. The summed E-state index contributed by atoms with van der Waals surface area (Å²) >= 11 is 0. The summed E-state index contributed by atoms with van der Waals surface area (Å²) in [7, 11) is -1.05. The van der Waals surface area contributed by atoms with E-state index in [0.717, 1.165) is 0 Å². The third kappa shape index (κ3) is 7.53. The molecule has 0 bridgehead atoms. The number of hydrogen-bond donors (Lipinski definition) is 0. The van der Waals surface area contributed by atoms with Crippen LogP contribution >= 0.6 is 0 Å². The van der Waals surface area contributed by atoms with Gasteiger partial charge in [-0.25, -0.2) is 0 Å². The molecule has 0 nitrogen and oxygen atoms in total. The maximum absolute atomic E-state index is 3.66. The van der Waals surface area contributed by atoms with Crippen LogP contribution in [0, 0.1) is 0 Å². The highest BCUT2D eigenvalue weighted by Crippen LogP contribution is 2.16. The minimum absolute atomic E-state index is 1.05. The predicted octanol–water partition coefficient (Wildman–Crippen LogP) is 4.18. The minimum Gasteiger partial charge on any atom is -0.0991 e. The summed E-state index contributed by atoms with van der Waals surface area (Å²) in [5.74, 6) is 0. The van der Waals surface area contributed by atoms with Gasteiger partial charge in [-0.15, -0.1) is 0 Å². The lowest BCUT2D eigenvalue weighted by molar-refractivity contribution is 1.41. The Hall–Kier alpha value is -0.823. The van der Waals surface area contributed by atoms with Crippen LogP contribution in [0.25, 0.3) is 0 Å². The molecule has 0 heterocycles. The van der Waals surface area contributed by atoms with E-state index in [0.29, 0.717) is 0 Å². The maximum Gasteiger partial charge on any atom is 0.0549 e. The van der Waals surface area contributed by atoms with Crippen LogP contribution in [0.2, 0.25) is 25.2 Å². The second kappa shape index (κ2) is 6.67. The highest BCUT2D eigenvalue weighted by Gasteiger charge is 2.15. The lowest BCUT2D eigenvalue weighted by atomic mass is 10.5. The van der Waals surface area contributed by atoms with Crippen LogP contribution in [-0.2, 0) is 0 Å². The van der Waals surface area contributed by atoms with Gasteiger partial charge in [-0.1, -0.05) is 62.7 Å². The number of hydrogen-bond acceptors (Lipinski definition) is 0. The Kier molecular flexibility index (Phi) is 6.24. The fraction of sp³-hybridized carbons (Fsp3) is 0.333. The Morgan fingerprint density at radius 3 is 1.62 bits per heavy atom. The Morgan fingerprint density at radius 1 is 0.923 bits per heavy atom. The monoisotopic (exact) mass is 192 g/mol. The van der Waals surface area contributed by atoms with Gasteiger partial charge in [0.1, 0.15) is 0 Å². The molecule has 0 radical (unpaired) electrons. The zero-order valence-electron chi connectivity index (χ0n) is 8.79. The van der Waals surface area contributed by atoms with Gasteiger partial charge in [0.25, 0.3) is 0 Å². The van der Waals surface area contributed by atoms with Crippen molar-refractivity contribution in [1.82, 2.24) is 0 Å². The quantitative estimate of drug-likeness (QED) is 0.437. The van der Waals surface area contributed by atoms with Crippen LogP contribution in [0.15, 0.2) is 49.6 Å². The Morgan fingerprint density at radius 2 is 1.31 bits per heavy atom. The molecule has 0 aromatic rings. The van der Waals surface area contributed by atoms with E-state index >= 15 is 0 Å². The van der Waals surface area contributed by atoms with E-state index in [2.05, 4.69) is 38.4 Å². The summed E-state index contributed by atoms with van der Waals surface area (Å²) in [6.45, 7) is 12.1. The average molecular weight is 192 g/mol. The molecule has 0 saturated heterocycles. The predicted molar refractivity (Wildman–Crippen MR) is 65.8 cm³/mol. The zero-order chi connectivity index (χ0) is 10.2. The molecule has 0 aliphatic rings. The molecular weight excluding hydrogens is 172 g/mol. The second-order valence-corrected chi connectivity index (χ2v) is 9.05. The lowest BCUT2D eigenvalue weighted by Gasteiger charge is -2.17. The van der Waals surface area contributed by atoms with Crippen molar-refractivity contribution in [3.05, 3.63) is 49.6 Å². The van der Waals surface area contributed by atoms with Crippen molar-refractivity contribution in [1.29, 1.82) is 0 Å². The van der Waals surface area contributed by atoms with Gasteiger partial charge in [-0.05, 0) is 12.1 Å². The average Bonchev–Trinajstić information content (AvgIpc) is 2.05. The zero-order valence-corrected chi connectivity index (χ0v) is 9.79. The molecule has 0 rings (SSSR count). The molecule has 0 amide bonds. The summed E-state index contributed by atoms with van der Waals surface area (Å²) in [4.78, 5) is 0. The van der Waals surface area contributed by atoms with E-state index in [1.165, 1.54) is 12.1 Å². The van der Waals surface area contributed by atoms with Crippen molar-refractivity contribution < 1.29 is 0 Å². The summed E-state index contributed by atoms with van der Waals surface area (Å²) in [5.41, 5.74) is 0. The molecule has 0 unspecified atom stereocenters. The molecule has 0 N–H and O–H groups in total. The van der Waals surface area contributed by atoms with E-state index in [-0.39, 0.29) is 0 Å². The third-order valence-electron chi connectivity index (χ3n) is 1.89. The highest BCUT2D eigenvalue weighted by molar-refractivity contribution is 6.78. The molecule has 0 aliphatic heterocycles. The summed E-state index contributed by atoms with van der Waals surface area (Å²) in [6.07, 6.45) is 12.2. The fourth-order valence-electron chi connectivity index (χ4n) is 1.05. The fourth-order valence-corrected chi connectivity index (χ4v) is 2.76. The van der Waals surface area contributed by atoms with Crippen molar-refractivity contribution in [3.8, 4) is 0 Å². The van der Waals surface area contributed by atoms with Gasteiger partial charge in [-0.3, -0.25) is 0 Å². The molecule has 13 heavy (non-hydrogen) atoms. The van der Waals surface area contributed by atoms with Crippen molar-refractivity contribution in [2.24, 2.45) is 0 Å². The van der Waals surface area contributed by atoms with Crippen molar-refractivity contribution in [2.45, 2.75) is 25.2 Å². The van der Waals surface area contributed by atoms with E-state index in [1.54, 1.807) is 0 Å². The van der Waals surface area contributed by atoms with E-state index in [9.17, 15) is 0 Å². The molecule has 0 aliphatic carbocycles. The number of rotatable bonds is 6. The van der Waals surface area contributed by atoms with Crippen LogP contribution in [0.3, 0.4) is 0 Å². The molecule has 0 saturated carbocycles. The van der Waals surface area contributed by atoms with Gasteiger partial charge in [0.15, 0.2) is 0 Å². The smallest absolute Gasteiger partial charge is 0.0549 e. The van der Waals surface area contributed by atoms with Gasteiger partial charge in [-0.2, -0.15) is 0 Å². The van der Waals surface area contributed by atoms with Gasteiger partial charge in [0.2, 0.25) is 0 Å². The standard InChI is InChI=1S/C12H20Si/c1-5-7-9-11-13(3,4)12-10-8-6-2/h5-10H,1-2,11-12H2,3-4H3/b9-7+,10-8+. The molecule has 0 fully saturated rings. The highest BCUT2D eigenvalue weighted by atomic mass is 28.3. The molecule has 72 valence electrons. The van der Waals surface area contributed by atoms with Gasteiger partial charge in [0.05, 0.1) is 8.07 Å². The van der Waals surface area contributed by atoms with Crippen LogP contribution in [-0.4, -0.2) is 8.07 Å². The normalized spacial score (nSPS) is 12.5. The van der Waals surface area contributed by atoms with E-state index in [1.807, 2.05) is 24.3 Å². The van der Waals surface area contributed by atoms with E-state index < -0.39 is 8.07 Å². The molecule has 0 aromatic heterocycles. The minimum atomic E-state index is -1.05. The Labute approximate surface area is 83.4 Å². The van der Waals surface area contributed by atoms with Crippen LogP contribution in [0.5, 0.6) is 0 Å². The third-order valence-corrected chi connectivity index (χ3v) is 4.57. The summed E-state index contributed by atoms with van der Waals surface area (Å²) < 4.78 is 0. The molecule has 1 heteroatoms. The summed E-state index contributed by atoms with van der Waals surface area (Å²) in [6, 6.07) is 2.45. The Balaban J connectivity index is 3.91. The van der Waals surface area contributed by atoms with Gasteiger partial charge >= 0.3 is 0 Å². The molecular formula is C12H20Si. The molecule has 0 aromatic carbocycles. The van der Waals surface area contributed by atoms with Gasteiger partial charge in [0, 0.05) is 0 Å². The van der Waals surface area contributed by atoms with Crippen LogP contribution < -0.4 is 0 Å². The van der Waals surface area contributed by atoms with Crippen LogP contribution in [0.4, 0.5) is 0 Å². The van der Waals surface area contributed by atoms with Crippen molar-refractivity contribution in [2.75, 3.05) is 0 Å². The first-order valence-corrected chi connectivity index (χ1v) is 8.09. The first-order chi connectivity index (χ1) is 6.12. The first-order valence-electron chi connectivity index (χ1n) is 4.67. The van der Waals surface area contributed by atoms with E-state index in [4.69, 9.17) is 0 Å². The van der Waals surface area contributed by atoms with Crippen molar-refractivity contribution in [3.63, 3.8) is 0 Å². The molecule has 0 atom stereocenters. The van der Waals surface area contributed by atoms with Crippen molar-refractivity contribution >= 4 is 8.07 Å². The maximum atomic E-state index is 3.66. The first kappa shape index (κ1) is 12.2. The SMILES string of the molecule is C=C/C=C/C[Si](C)(C)C/C=C/C=C. The topological polar surface area (TPSA) is 0 Å². The second-order valence-electron chi connectivity index (χ2n) is 3.90.